The molecule has 0 heterocycles. The Morgan fingerprint density at radius 2 is 1.75 bits per heavy atom. The van der Waals surface area contributed by atoms with Gasteiger partial charge in [-0.1, -0.05) is 49.4 Å². The van der Waals surface area contributed by atoms with Crippen LogP contribution in [-0.4, -0.2) is 7.42 Å². The summed E-state index contributed by atoms with van der Waals surface area (Å²) >= 11 is 11.9. The van der Waals surface area contributed by atoms with Gasteiger partial charge >= 0.3 is 0 Å². The number of benzene rings is 2. The molecule has 0 amide bonds. The average molecular weight is 268 g/mol. The van der Waals surface area contributed by atoms with Crippen molar-refractivity contribution in [2.45, 2.75) is 18.9 Å². The first kappa shape index (κ1) is 12.0. The Morgan fingerprint density at radius 3 is 2.50 bits per heavy atom. The van der Waals surface area contributed by atoms with Gasteiger partial charge in [-0.15, -0.1) is 22.2 Å². The van der Waals surface area contributed by atoms with Gasteiger partial charge in [0.15, 0.2) is 0 Å². The van der Waals surface area contributed by atoms with E-state index in [0.717, 1.165) is 6.04 Å². The molecule has 0 aliphatic rings. The van der Waals surface area contributed by atoms with Gasteiger partial charge in [-0.2, -0.15) is 0 Å². The number of fused-ring (bicyclic) bond motifs is 1. The molecule has 3 heteroatoms. The first-order valence-electron chi connectivity index (χ1n) is 5.33. The van der Waals surface area contributed by atoms with Crippen molar-refractivity contribution in [3.05, 3.63) is 48.0 Å². The summed E-state index contributed by atoms with van der Waals surface area (Å²) in [5.74, 6) is 0.426. The molecule has 0 N–H and O–H groups in total. The zero-order chi connectivity index (χ0) is 11.5. The lowest BCUT2D eigenvalue weighted by Gasteiger charge is -2.14. The third-order valence-corrected chi connectivity index (χ3v) is 4.66. The van der Waals surface area contributed by atoms with Crippen LogP contribution in [0.4, 0.5) is 0 Å². The van der Waals surface area contributed by atoms with E-state index in [-0.39, 0.29) is 0 Å². The number of hydrogen-bond acceptors (Lipinski definition) is 0. The minimum absolute atomic E-state index is 0.426. The highest BCUT2D eigenvalue weighted by Gasteiger charge is 2.14. The molecule has 1 unspecified atom stereocenters. The first-order chi connectivity index (χ1) is 7.68. The van der Waals surface area contributed by atoms with Crippen LogP contribution in [0.15, 0.2) is 42.5 Å². The monoisotopic (exact) mass is 267 g/mol. The molecule has 0 nitrogen and oxygen atoms in total. The highest BCUT2D eigenvalue weighted by atomic mass is 35.7. The van der Waals surface area contributed by atoms with Crippen LogP contribution in [0.3, 0.4) is 0 Å². The summed E-state index contributed by atoms with van der Waals surface area (Å²) < 4.78 is 0. The summed E-state index contributed by atoms with van der Waals surface area (Å²) in [6.07, 6.45) is 0. The van der Waals surface area contributed by atoms with Gasteiger partial charge in [-0.05, 0) is 28.3 Å². The Balaban J connectivity index is 2.44. The predicted molar refractivity (Wildman–Crippen MR) is 74.6 cm³/mol. The van der Waals surface area contributed by atoms with Crippen LogP contribution in [0, 0.1) is 0 Å². The lowest BCUT2D eigenvalue weighted by molar-refractivity contribution is 0.870. The summed E-state index contributed by atoms with van der Waals surface area (Å²) in [6.45, 7) is 2.19. The van der Waals surface area contributed by atoms with E-state index < -0.39 is 7.42 Å². The SMILES string of the molecule is CC(C[Si](Cl)Cl)c1cccc2ccccc12. The molecule has 0 aliphatic carbocycles. The summed E-state index contributed by atoms with van der Waals surface area (Å²) in [5, 5.41) is 2.60. The van der Waals surface area contributed by atoms with Crippen LogP contribution in [0.5, 0.6) is 0 Å². The van der Waals surface area contributed by atoms with E-state index in [1.165, 1.54) is 16.3 Å². The topological polar surface area (TPSA) is 0 Å². The van der Waals surface area contributed by atoms with Crippen molar-refractivity contribution in [3.8, 4) is 0 Å². The van der Waals surface area contributed by atoms with Gasteiger partial charge in [-0.3, -0.25) is 0 Å². The Hall–Kier alpha value is -0.503. The Kier molecular flexibility index (Phi) is 3.90. The Morgan fingerprint density at radius 1 is 1.06 bits per heavy atom. The summed E-state index contributed by atoms with van der Waals surface area (Å²) in [6, 6.07) is 15.7. The van der Waals surface area contributed by atoms with Crippen molar-refractivity contribution in [1.82, 2.24) is 0 Å². The third-order valence-electron chi connectivity index (χ3n) is 2.81. The van der Waals surface area contributed by atoms with E-state index in [1.807, 2.05) is 0 Å². The predicted octanol–water partition coefficient (Wildman–Crippen LogP) is 4.91. The van der Waals surface area contributed by atoms with Crippen molar-refractivity contribution < 1.29 is 0 Å². The van der Waals surface area contributed by atoms with E-state index >= 15 is 0 Å². The quantitative estimate of drug-likeness (QED) is 0.548. The van der Waals surface area contributed by atoms with Gasteiger partial charge in [0, 0.05) is 0 Å². The van der Waals surface area contributed by atoms with Crippen LogP contribution >= 0.6 is 22.2 Å². The second-order valence-electron chi connectivity index (χ2n) is 4.01. The van der Waals surface area contributed by atoms with E-state index in [1.54, 1.807) is 0 Å². The van der Waals surface area contributed by atoms with E-state index in [4.69, 9.17) is 22.2 Å². The lowest BCUT2D eigenvalue weighted by Crippen LogP contribution is -2.01. The van der Waals surface area contributed by atoms with Gasteiger partial charge in [0.25, 0.3) is 7.42 Å². The highest BCUT2D eigenvalue weighted by Crippen LogP contribution is 2.29. The molecule has 16 heavy (non-hydrogen) atoms. The van der Waals surface area contributed by atoms with Gasteiger partial charge in [0.2, 0.25) is 0 Å². The average Bonchev–Trinajstić information content (AvgIpc) is 2.27. The Labute approximate surface area is 107 Å². The van der Waals surface area contributed by atoms with Crippen molar-refractivity contribution in [2.24, 2.45) is 0 Å². The summed E-state index contributed by atoms with van der Waals surface area (Å²) in [4.78, 5) is 0. The van der Waals surface area contributed by atoms with E-state index in [9.17, 15) is 0 Å². The zero-order valence-corrected chi connectivity index (χ0v) is 11.6. The molecule has 0 bridgehead atoms. The lowest BCUT2D eigenvalue weighted by atomic mass is 9.96. The van der Waals surface area contributed by atoms with Crippen molar-refractivity contribution in [3.63, 3.8) is 0 Å². The minimum atomic E-state index is -1.20. The molecule has 1 atom stereocenters. The maximum Gasteiger partial charge on any atom is 0.274 e. The molecule has 2 aromatic rings. The molecule has 0 saturated carbocycles. The molecule has 0 aliphatic heterocycles. The molecular formula is C13H13Cl2Si. The Bertz CT molecular complexity index is 477. The number of hydrogen-bond donors (Lipinski definition) is 0. The summed E-state index contributed by atoms with van der Waals surface area (Å²) in [7, 11) is -1.20. The largest absolute Gasteiger partial charge is 0.274 e. The van der Waals surface area contributed by atoms with Crippen molar-refractivity contribution in [1.29, 1.82) is 0 Å². The van der Waals surface area contributed by atoms with Gasteiger partial charge in [-0.25, -0.2) is 0 Å². The standard InChI is InChI=1S/C13H13Cl2Si/c1-10(9-16(14)15)12-8-4-6-11-5-2-3-7-13(11)12/h2-8,10H,9H2,1H3. The second kappa shape index (κ2) is 5.22. The zero-order valence-electron chi connectivity index (χ0n) is 9.08. The fourth-order valence-electron chi connectivity index (χ4n) is 2.02. The van der Waals surface area contributed by atoms with Crippen LogP contribution in [0.1, 0.15) is 18.4 Å². The molecule has 83 valence electrons. The highest BCUT2D eigenvalue weighted by molar-refractivity contribution is 7.33. The molecule has 2 rings (SSSR count). The summed E-state index contributed by atoms with van der Waals surface area (Å²) in [5.41, 5.74) is 1.35. The van der Waals surface area contributed by atoms with Crippen LogP contribution in [0.2, 0.25) is 6.04 Å². The van der Waals surface area contributed by atoms with E-state index in [2.05, 4.69) is 49.4 Å². The molecule has 0 aromatic heterocycles. The van der Waals surface area contributed by atoms with E-state index in [0.29, 0.717) is 5.92 Å². The molecule has 2 aromatic carbocycles. The molecule has 1 radical (unpaired) electrons. The first-order valence-corrected chi connectivity index (χ1v) is 9.06. The van der Waals surface area contributed by atoms with Gasteiger partial charge < -0.3 is 0 Å². The van der Waals surface area contributed by atoms with Crippen LogP contribution in [-0.2, 0) is 0 Å². The minimum Gasteiger partial charge on any atom is -0.147 e. The smallest absolute Gasteiger partial charge is 0.147 e. The molecular weight excluding hydrogens is 255 g/mol. The normalized spacial score (nSPS) is 13.2. The molecule has 0 saturated heterocycles. The van der Waals surface area contributed by atoms with Crippen molar-refractivity contribution in [2.75, 3.05) is 0 Å². The molecule has 0 spiro atoms. The third kappa shape index (κ3) is 2.60. The fourth-order valence-corrected chi connectivity index (χ4v) is 4.09. The fraction of sp³-hybridized carbons (Fsp3) is 0.231. The maximum atomic E-state index is 5.94. The van der Waals surface area contributed by atoms with Gasteiger partial charge in [0.05, 0.1) is 0 Å². The second-order valence-corrected chi connectivity index (χ2v) is 8.42. The number of rotatable bonds is 3. The van der Waals surface area contributed by atoms with Crippen LogP contribution in [0.25, 0.3) is 10.8 Å². The van der Waals surface area contributed by atoms with Gasteiger partial charge in [0.1, 0.15) is 0 Å². The number of halogens is 2. The van der Waals surface area contributed by atoms with Crippen molar-refractivity contribution >= 4 is 40.3 Å². The molecule has 0 fully saturated rings. The maximum absolute atomic E-state index is 5.94. The van der Waals surface area contributed by atoms with Crippen LogP contribution < -0.4 is 0 Å².